The molecule has 2 N–H and O–H groups in total. The molecule has 1 aliphatic heterocycles. The maximum Gasteiger partial charge on any atom is 0.273 e. The van der Waals surface area contributed by atoms with Crippen molar-refractivity contribution < 1.29 is 18.1 Å². The Balaban J connectivity index is 0.00000288. The van der Waals surface area contributed by atoms with Crippen LogP contribution < -0.4 is 10.5 Å². The standard InChI is InChI=1S/C14H21N3O5S.ClH/c1-10(15)12-5-3-4-8-16(12)23(20,21)14-7-6-11(17(18)19)9-13(14)22-2;/h6-7,9-10,12H,3-5,8,15H2,1-2H3;1H. The Labute approximate surface area is 147 Å². The summed E-state index contributed by atoms with van der Waals surface area (Å²) in [5.41, 5.74) is 5.72. The maximum atomic E-state index is 13.0. The van der Waals surface area contributed by atoms with Gasteiger partial charge in [0.2, 0.25) is 10.0 Å². The van der Waals surface area contributed by atoms with Gasteiger partial charge in [-0.25, -0.2) is 8.42 Å². The minimum absolute atomic E-state index is 0. The van der Waals surface area contributed by atoms with E-state index in [-0.39, 0.29) is 40.8 Å². The third-order valence-electron chi connectivity index (χ3n) is 4.05. The van der Waals surface area contributed by atoms with E-state index in [2.05, 4.69) is 0 Å². The van der Waals surface area contributed by atoms with Crippen molar-refractivity contribution in [1.29, 1.82) is 0 Å². The highest BCUT2D eigenvalue weighted by Crippen LogP contribution is 2.33. The van der Waals surface area contributed by atoms with Gasteiger partial charge in [-0.05, 0) is 25.8 Å². The largest absolute Gasteiger partial charge is 0.495 e. The molecule has 0 aromatic heterocycles. The first kappa shape index (κ1) is 20.6. The van der Waals surface area contributed by atoms with Crippen LogP contribution in [0.25, 0.3) is 0 Å². The number of benzene rings is 1. The number of ether oxygens (including phenoxy) is 1. The summed E-state index contributed by atoms with van der Waals surface area (Å²) < 4.78 is 32.4. The Morgan fingerprint density at radius 2 is 2.08 bits per heavy atom. The Morgan fingerprint density at radius 1 is 1.42 bits per heavy atom. The van der Waals surface area contributed by atoms with Crippen molar-refractivity contribution in [2.45, 2.75) is 43.2 Å². The Bertz CT molecular complexity index is 696. The van der Waals surface area contributed by atoms with E-state index < -0.39 is 14.9 Å². The van der Waals surface area contributed by atoms with Crippen molar-refractivity contribution >= 4 is 28.1 Å². The number of rotatable bonds is 5. The molecule has 10 heteroatoms. The molecule has 24 heavy (non-hydrogen) atoms. The summed E-state index contributed by atoms with van der Waals surface area (Å²) in [6.07, 6.45) is 2.39. The molecule has 1 fully saturated rings. The number of nitro benzene ring substituents is 1. The monoisotopic (exact) mass is 379 g/mol. The molecule has 0 radical (unpaired) electrons. The van der Waals surface area contributed by atoms with Crippen LogP contribution in [0.5, 0.6) is 5.75 Å². The van der Waals surface area contributed by atoms with Crippen molar-refractivity contribution in [3.05, 3.63) is 28.3 Å². The van der Waals surface area contributed by atoms with Crippen molar-refractivity contribution in [2.24, 2.45) is 5.73 Å². The third kappa shape index (κ3) is 3.97. The lowest BCUT2D eigenvalue weighted by molar-refractivity contribution is -0.385. The molecule has 2 atom stereocenters. The van der Waals surface area contributed by atoms with Gasteiger partial charge < -0.3 is 10.5 Å². The van der Waals surface area contributed by atoms with Gasteiger partial charge >= 0.3 is 0 Å². The number of hydrogen-bond acceptors (Lipinski definition) is 6. The van der Waals surface area contributed by atoms with Gasteiger partial charge in [0.1, 0.15) is 10.6 Å². The number of nitrogens with zero attached hydrogens (tertiary/aromatic N) is 2. The lowest BCUT2D eigenvalue weighted by Gasteiger charge is -2.37. The zero-order valence-corrected chi connectivity index (χ0v) is 15.2. The van der Waals surface area contributed by atoms with Crippen molar-refractivity contribution in [3.8, 4) is 5.75 Å². The topological polar surface area (TPSA) is 116 Å². The first-order chi connectivity index (χ1) is 10.8. The normalized spacial score (nSPS) is 20.0. The summed E-state index contributed by atoms with van der Waals surface area (Å²) in [6.45, 7) is 2.17. The second-order valence-electron chi connectivity index (χ2n) is 5.63. The van der Waals surface area contributed by atoms with Gasteiger partial charge in [-0.3, -0.25) is 10.1 Å². The lowest BCUT2D eigenvalue weighted by Crippen LogP contribution is -2.51. The van der Waals surface area contributed by atoms with Crippen LogP contribution in [0.1, 0.15) is 26.2 Å². The van der Waals surface area contributed by atoms with Gasteiger partial charge in [0.05, 0.1) is 18.1 Å². The highest BCUT2D eigenvalue weighted by atomic mass is 35.5. The first-order valence-corrected chi connectivity index (χ1v) is 8.83. The zero-order chi connectivity index (χ0) is 17.2. The summed E-state index contributed by atoms with van der Waals surface area (Å²) in [7, 11) is -2.55. The molecule has 2 unspecified atom stereocenters. The molecule has 1 saturated heterocycles. The van der Waals surface area contributed by atoms with Crippen LogP contribution in [-0.4, -0.2) is 43.4 Å². The predicted octanol–water partition coefficient (Wildman–Crippen LogP) is 1.92. The quantitative estimate of drug-likeness (QED) is 0.617. The molecule has 1 aromatic rings. The van der Waals surface area contributed by atoms with E-state index in [0.717, 1.165) is 18.9 Å². The summed E-state index contributed by atoms with van der Waals surface area (Å²) >= 11 is 0. The van der Waals surface area contributed by atoms with Gasteiger partial charge in [0.25, 0.3) is 5.69 Å². The molecule has 0 spiro atoms. The Morgan fingerprint density at radius 3 is 2.62 bits per heavy atom. The molecule has 0 amide bonds. The second-order valence-corrected chi connectivity index (χ2v) is 7.49. The Kier molecular flexibility index (Phi) is 6.97. The molecule has 0 saturated carbocycles. The molecule has 136 valence electrons. The van der Waals surface area contributed by atoms with Gasteiger partial charge in [0.15, 0.2) is 0 Å². The summed E-state index contributed by atoms with van der Waals surface area (Å²) in [6, 6.07) is 2.93. The third-order valence-corrected chi connectivity index (χ3v) is 6.01. The number of hydrogen-bond donors (Lipinski definition) is 1. The molecule has 1 heterocycles. The van der Waals surface area contributed by atoms with Crippen LogP contribution in [0.4, 0.5) is 5.69 Å². The number of piperidine rings is 1. The molecule has 1 aliphatic rings. The minimum atomic E-state index is -3.84. The molecule has 0 aliphatic carbocycles. The molecular formula is C14H22ClN3O5S. The zero-order valence-electron chi connectivity index (χ0n) is 13.5. The average molecular weight is 380 g/mol. The number of sulfonamides is 1. The van der Waals surface area contributed by atoms with E-state index in [4.69, 9.17) is 10.5 Å². The van der Waals surface area contributed by atoms with Crippen LogP contribution in [0.2, 0.25) is 0 Å². The number of nitro groups is 1. The first-order valence-electron chi connectivity index (χ1n) is 7.39. The lowest BCUT2D eigenvalue weighted by atomic mass is 10.00. The van der Waals surface area contributed by atoms with E-state index in [1.165, 1.54) is 23.5 Å². The molecule has 2 rings (SSSR count). The van der Waals surface area contributed by atoms with Crippen LogP contribution in [0, 0.1) is 10.1 Å². The second kappa shape index (κ2) is 8.11. The van der Waals surface area contributed by atoms with E-state index in [9.17, 15) is 18.5 Å². The SMILES string of the molecule is COc1cc([N+](=O)[O-])ccc1S(=O)(=O)N1CCCCC1C(C)N.Cl. The summed E-state index contributed by atoms with van der Waals surface area (Å²) in [4.78, 5) is 10.2. The van der Waals surface area contributed by atoms with E-state index in [0.29, 0.717) is 13.0 Å². The van der Waals surface area contributed by atoms with Crippen molar-refractivity contribution in [3.63, 3.8) is 0 Å². The van der Waals surface area contributed by atoms with Gasteiger partial charge in [-0.1, -0.05) is 6.42 Å². The fourth-order valence-corrected chi connectivity index (χ4v) is 4.78. The van der Waals surface area contributed by atoms with Crippen LogP contribution in [0.3, 0.4) is 0 Å². The highest BCUT2D eigenvalue weighted by molar-refractivity contribution is 7.89. The number of methoxy groups -OCH3 is 1. The van der Waals surface area contributed by atoms with Crippen LogP contribution >= 0.6 is 12.4 Å². The molecule has 0 bridgehead atoms. The molecular weight excluding hydrogens is 358 g/mol. The van der Waals surface area contributed by atoms with Gasteiger partial charge in [-0.15, -0.1) is 12.4 Å². The number of halogens is 1. The summed E-state index contributed by atoms with van der Waals surface area (Å²) in [5, 5.41) is 10.8. The molecule has 1 aromatic carbocycles. The van der Waals surface area contributed by atoms with E-state index >= 15 is 0 Å². The smallest absolute Gasteiger partial charge is 0.273 e. The van der Waals surface area contributed by atoms with E-state index in [1.807, 2.05) is 0 Å². The average Bonchev–Trinajstić information content (AvgIpc) is 2.54. The molecule has 8 nitrogen and oxygen atoms in total. The van der Waals surface area contributed by atoms with Crippen LogP contribution in [0.15, 0.2) is 23.1 Å². The predicted molar refractivity (Wildman–Crippen MR) is 92.1 cm³/mol. The van der Waals surface area contributed by atoms with Gasteiger partial charge in [-0.2, -0.15) is 4.31 Å². The Hall–Kier alpha value is -1.42. The van der Waals surface area contributed by atoms with Gasteiger partial charge in [0, 0.05) is 24.7 Å². The fraction of sp³-hybridized carbons (Fsp3) is 0.571. The number of nitrogens with two attached hydrogens (primary N) is 1. The van der Waals surface area contributed by atoms with Crippen molar-refractivity contribution in [1.82, 2.24) is 4.31 Å². The summed E-state index contributed by atoms with van der Waals surface area (Å²) in [5.74, 6) is -0.0341. The van der Waals surface area contributed by atoms with Crippen molar-refractivity contribution in [2.75, 3.05) is 13.7 Å². The highest BCUT2D eigenvalue weighted by Gasteiger charge is 2.37. The fourth-order valence-electron chi connectivity index (χ4n) is 2.86. The van der Waals surface area contributed by atoms with E-state index in [1.54, 1.807) is 6.92 Å². The maximum absolute atomic E-state index is 13.0. The van der Waals surface area contributed by atoms with Crippen LogP contribution in [-0.2, 0) is 10.0 Å². The minimum Gasteiger partial charge on any atom is -0.495 e. The number of non-ortho nitro benzene ring substituents is 1.